The quantitative estimate of drug-likeness (QED) is 0.177. The van der Waals surface area contributed by atoms with E-state index in [0.717, 1.165) is 55.8 Å². The van der Waals surface area contributed by atoms with Gasteiger partial charge in [0.25, 0.3) is 0 Å². The predicted molar refractivity (Wildman–Crippen MR) is 236 cm³/mol. The molecule has 0 aliphatic heterocycles. The molecule has 5 heteroatoms. The number of nitrogens with zero attached hydrogens (tertiary/aromatic N) is 5. The zero-order chi connectivity index (χ0) is 37.5. The molecule has 0 atom stereocenters. The second kappa shape index (κ2) is 12.4. The number of hydrogen-bond donors (Lipinski definition) is 0. The van der Waals surface area contributed by atoms with Gasteiger partial charge < -0.3 is 13.7 Å². The van der Waals surface area contributed by atoms with Crippen molar-refractivity contribution in [3.8, 4) is 39.7 Å². The largest absolute Gasteiger partial charge is 0.316 e. The monoisotopic (exact) mass is 727 g/mol. The minimum Gasteiger partial charge on any atom is -0.316 e. The third-order valence-electron chi connectivity index (χ3n) is 11.5. The van der Waals surface area contributed by atoms with Crippen LogP contribution in [0.15, 0.2) is 200 Å². The molecule has 57 heavy (non-hydrogen) atoms. The van der Waals surface area contributed by atoms with Gasteiger partial charge in [0.15, 0.2) is 5.82 Å². The SMILES string of the molecule is c1ccc(-c2nc(-c3cccc(-n4c5cc6c7ccccc7n(-c7ccccc7)c6cc5c5ccc6c(ccn6-c6ccccc6)c54)c3)nc3ccccc23)cc1. The summed E-state index contributed by atoms with van der Waals surface area (Å²) in [6, 6.07) is 69.1. The molecule has 0 aliphatic carbocycles. The van der Waals surface area contributed by atoms with Crippen LogP contribution in [0.3, 0.4) is 0 Å². The Hall–Kier alpha value is -7.76. The number of benzene rings is 8. The number of fused-ring (bicyclic) bond motifs is 9. The summed E-state index contributed by atoms with van der Waals surface area (Å²) < 4.78 is 7.15. The van der Waals surface area contributed by atoms with E-state index in [1.165, 1.54) is 43.5 Å². The second-order valence-corrected chi connectivity index (χ2v) is 14.7. The van der Waals surface area contributed by atoms with Crippen LogP contribution in [0.25, 0.3) is 105 Å². The van der Waals surface area contributed by atoms with Crippen LogP contribution in [0.2, 0.25) is 0 Å². The van der Waals surface area contributed by atoms with Gasteiger partial charge in [-0.2, -0.15) is 0 Å². The molecule has 12 rings (SSSR count). The maximum absolute atomic E-state index is 5.26. The first-order chi connectivity index (χ1) is 28.3. The highest BCUT2D eigenvalue weighted by molar-refractivity contribution is 6.23. The average Bonchev–Trinajstić information content (AvgIpc) is 3.96. The van der Waals surface area contributed by atoms with Crippen LogP contribution >= 0.6 is 0 Å². The lowest BCUT2D eigenvalue weighted by Gasteiger charge is -2.13. The van der Waals surface area contributed by atoms with Gasteiger partial charge in [0.05, 0.1) is 38.8 Å². The van der Waals surface area contributed by atoms with Crippen molar-refractivity contribution < 1.29 is 0 Å². The third kappa shape index (κ3) is 4.82. The smallest absolute Gasteiger partial charge is 0.160 e. The van der Waals surface area contributed by atoms with Crippen molar-refractivity contribution in [1.29, 1.82) is 0 Å². The summed E-state index contributed by atoms with van der Waals surface area (Å²) in [5.41, 5.74) is 13.1. The molecule has 5 nitrogen and oxygen atoms in total. The van der Waals surface area contributed by atoms with Gasteiger partial charge >= 0.3 is 0 Å². The molecule has 0 saturated heterocycles. The Balaban J connectivity index is 1.17. The van der Waals surface area contributed by atoms with Gasteiger partial charge in [-0.05, 0) is 72.8 Å². The van der Waals surface area contributed by atoms with Crippen molar-refractivity contribution in [3.05, 3.63) is 200 Å². The van der Waals surface area contributed by atoms with Gasteiger partial charge in [0.2, 0.25) is 0 Å². The Morgan fingerprint density at radius 2 is 0.965 bits per heavy atom. The Bertz CT molecular complexity index is 3500. The summed E-state index contributed by atoms with van der Waals surface area (Å²) in [6.07, 6.45) is 2.19. The zero-order valence-electron chi connectivity index (χ0n) is 30.8. The fourth-order valence-corrected chi connectivity index (χ4v) is 8.93. The average molecular weight is 728 g/mol. The van der Waals surface area contributed by atoms with E-state index in [4.69, 9.17) is 9.97 Å². The molecule has 0 amide bonds. The molecule has 266 valence electrons. The third-order valence-corrected chi connectivity index (χ3v) is 11.5. The number of aromatic nitrogens is 5. The molecule has 4 aromatic heterocycles. The van der Waals surface area contributed by atoms with Crippen molar-refractivity contribution in [1.82, 2.24) is 23.7 Å². The lowest BCUT2D eigenvalue weighted by Crippen LogP contribution is -1.98. The predicted octanol–water partition coefficient (Wildman–Crippen LogP) is 13.1. The molecule has 0 radical (unpaired) electrons. The van der Waals surface area contributed by atoms with Crippen molar-refractivity contribution in [2.24, 2.45) is 0 Å². The summed E-state index contributed by atoms with van der Waals surface area (Å²) in [6.45, 7) is 0. The lowest BCUT2D eigenvalue weighted by atomic mass is 10.1. The number of hydrogen-bond acceptors (Lipinski definition) is 2. The molecule has 0 fully saturated rings. The lowest BCUT2D eigenvalue weighted by molar-refractivity contribution is 1.13. The van der Waals surface area contributed by atoms with Gasteiger partial charge in [-0.25, -0.2) is 9.97 Å². The van der Waals surface area contributed by atoms with Crippen LogP contribution in [-0.2, 0) is 0 Å². The van der Waals surface area contributed by atoms with Gasteiger partial charge in [-0.1, -0.05) is 121 Å². The van der Waals surface area contributed by atoms with Crippen LogP contribution in [0, 0.1) is 0 Å². The van der Waals surface area contributed by atoms with E-state index in [1.807, 2.05) is 12.1 Å². The first kappa shape index (κ1) is 31.6. The van der Waals surface area contributed by atoms with E-state index >= 15 is 0 Å². The van der Waals surface area contributed by atoms with E-state index in [0.29, 0.717) is 5.82 Å². The zero-order valence-corrected chi connectivity index (χ0v) is 30.8. The highest BCUT2D eigenvalue weighted by Crippen LogP contribution is 2.42. The molecule has 0 unspecified atom stereocenters. The second-order valence-electron chi connectivity index (χ2n) is 14.7. The minimum absolute atomic E-state index is 0.698. The summed E-state index contributed by atoms with van der Waals surface area (Å²) in [5.74, 6) is 0.698. The Morgan fingerprint density at radius 1 is 0.333 bits per heavy atom. The van der Waals surface area contributed by atoms with Crippen molar-refractivity contribution in [2.45, 2.75) is 0 Å². The topological polar surface area (TPSA) is 40.6 Å². The van der Waals surface area contributed by atoms with E-state index in [2.05, 4.69) is 202 Å². The first-order valence-electron chi connectivity index (χ1n) is 19.3. The van der Waals surface area contributed by atoms with Gasteiger partial charge in [-0.3, -0.25) is 0 Å². The van der Waals surface area contributed by atoms with Crippen LogP contribution < -0.4 is 0 Å². The first-order valence-corrected chi connectivity index (χ1v) is 19.3. The van der Waals surface area contributed by atoms with Gasteiger partial charge in [0.1, 0.15) is 0 Å². The van der Waals surface area contributed by atoms with E-state index in [-0.39, 0.29) is 0 Å². The van der Waals surface area contributed by atoms with E-state index < -0.39 is 0 Å². The number of para-hydroxylation sites is 4. The van der Waals surface area contributed by atoms with E-state index in [1.54, 1.807) is 0 Å². The number of rotatable bonds is 5. The fraction of sp³-hybridized carbons (Fsp3) is 0. The Kier molecular flexibility index (Phi) is 6.86. The molecule has 0 spiro atoms. The molecular weight excluding hydrogens is 695 g/mol. The molecule has 0 bridgehead atoms. The van der Waals surface area contributed by atoms with Gasteiger partial charge in [-0.15, -0.1) is 0 Å². The summed E-state index contributed by atoms with van der Waals surface area (Å²) in [7, 11) is 0. The minimum atomic E-state index is 0.698. The maximum atomic E-state index is 5.26. The van der Waals surface area contributed by atoms with Crippen LogP contribution in [-0.4, -0.2) is 23.7 Å². The summed E-state index contributed by atoms with van der Waals surface area (Å²) in [4.78, 5) is 10.4. The summed E-state index contributed by atoms with van der Waals surface area (Å²) in [5, 5.41) is 7.06. The van der Waals surface area contributed by atoms with Crippen molar-refractivity contribution >= 4 is 65.4 Å². The van der Waals surface area contributed by atoms with Crippen LogP contribution in [0.4, 0.5) is 0 Å². The molecule has 12 aromatic rings. The van der Waals surface area contributed by atoms with Crippen molar-refractivity contribution in [2.75, 3.05) is 0 Å². The van der Waals surface area contributed by atoms with Crippen molar-refractivity contribution in [3.63, 3.8) is 0 Å². The molecule has 0 aliphatic rings. The molecule has 4 heterocycles. The molecule has 0 N–H and O–H groups in total. The summed E-state index contributed by atoms with van der Waals surface area (Å²) >= 11 is 0. The van der Waals surface area contributed by atoms with Gasteiger partial charge in [0, 0.05) is 66.7 Å². The van der Waals surface area contributed by atoms with Crippen LogP contribution in [0.5, 0.6) is 0 Å². The standard InChI is InChI=1S/C52H33N5/c1-4-15-34(16-5-1)50-41-24-10-12-25-45(41)53-52(54-50)35-17-14-22-38(31-35)57-49-32-43-39-23-11-13-26-47(39)56(37-20-8-3-9-21-37)48(43)33-44(49)40-27-28-46-42(51(40)57)29-30-55(46)36-18-6-2-7-19-36/h1-33H. The van der Waals surface area contributed by atoms with E-state index in [9.17, 15) is 0 Å². The Labute approximate surface area is 328 Å². The molecule has 8 aromatic carbocycles. The fourth-order valence-electron chi connectivity index (χ4n) is 8.93. The molecule has 0 saturated carbocycles. The van der Waals surface area contributed by atoms with Crippen LogP contribution in [0.1, 0.15) is 0 Å². The normalized spacial score (nSPS) is 11.9. The highest BCUT2D eigenvalue weighted by Gasteiger charge is 2.21. The maximum Gasteiger partial charge on any atom is 0.160 e. The molecular formula is C52H33N5. The Morgan fingerprint density at radius 3 is 1.77 bits per heavy atom. The highest BCUT2D eigenvalue weighted by atomic mass is 15.0.